The molecule has 2 amide bonds. The van der Waals surface area contributed by atoms with Gasteiger partial charge in [-0.05, 0) is 26.0 Å². The summed E-state index contributed by atoms with van der Waals surface area (Å²) in [6.45, 7) is 5.42. The fourth-order valence-corrected chi connectivity index (χ4v) is 2.32. The van der Waals surface area contributed by atoms with E-state index in [1.54, 1.807) is 17.0 Å². The van der Waals surface area contributed by atoms with Crippen LogP contribution in [0.15, 0.2) is 22.8 Å². The van der Waals surface area contributed by atoms with Crippen LogP contribution in [0.5, 0.6) is 0 Å². The third kappa shape index (κ3) is 3.84. The average Bonchev–Trinajstić information content (AvgIpc) is 2.91. The Labute approximate surface area is 118 Å². The minimum atomic E-state index is -0.300. The van der Waals surface area contributed by atoms with E-state index < -0.39 is 0 Å². The van der Waals surface area contributed by atoms with Gasteiger partial charge in [-0.15, -0.1) is 0 Å². The summed E-state index contributed by atoms with van der Waals surface area (Å²) in [7, 11) is 0. The van der Waals surface area contributed by atoms with E-state index in [-0.39, 0.29) is 36.2 Å². The number of ether oxygens (including phenoxy) is 1. The molecule has 1 aliphatic heterocycles. The molecular formula is C14H20N2O4. The van der Waals surface area contributed by atoms with Crippen molar-refractivity contribution in [2.24, 2.45) is 0 Å². The van der Waals surface area contributed by atoms with E-state index in [4.69, 9.17) is 9.15 Å². The summed E-state index contributed by atoms with van der Waals surface area (Å²) in [4.78, 5) is 25.5. The molecule has 2 rings (SSSR count). The molecule has 2 unspecified atom stereocenters. The van der Waals surface area contributed by atoms with Crippen molar-refractivity contribution in [2.75, 3.05) is 19.6 Å². The summed E-state index contributed by atoms with van der Waals surface area (Å²) < 4.78 is 10.6. The van der Waals surface area contributed by atoms with Crippen molar-refractivity contribution in [3.05, 3.63) is 24.2 Å². The number of carbonyl (C=O) groups is 2. The van der Waals surface area contributed by atoms with E-state index in [2.05, 4.69) is 5.32 Å². The lowest BCUT2D eigenvalue weighted by molar-refractivity contribution is -0.143. The third-order valence-corrected chi connectivity index (χ3v) is 3.14. The number of amides is 2. The molecule has 0 spiro atoms. The zero-order chi connectivity index (χ0) is 14.5. The van der Waals surface area contributed by atoms with Crippen LogP contribution in [0.4, 0.5) is 0 Å². The second-order valence-electron chi connectivity index (χ2n) is 5.04. The molecule has 2 atom stereocenters. The lowest BCUT2D eigenvalue weighted by Crippen LogP contribution is -2.48. The van der Waals surface area contributed by atoms with Crippen molar-refractivity contribution >= 4 is 11.8 Å². The lowest BCUT2D eigenvalue weighted by Gasteiger charge is -2.35. The maximum atomic E-state index is 12.1. The van der Waals surface area contributed by atoms with Crippen LogP contribution in [-0.4, -0.2) is 48.6 Å². The van der Waals surface area contributed by atoms with Gasteiger partial charge in [0.15, 0.2) is 5.76 Å². The molecule has 1 saturated heterocycles. The second-order valence-corrected chi connectivity index (χ2v) is 5.04. The maximum Gasteiger partial charge on any atom is 0.286 e. The lowest BCUT2D eigenvalue weighted by atomic mass is 10.2. The number of hydrogen-bond donors (Lipinski definition) is 1. The van der Waals surface area contributed by atoms with Gasteiger partial charge in [0.25, 0.3) is 5.91 Å². The Morgan fingerprint density at radius 1 is 1.35 bits per heavy atom. The second kappa shape index (κ2) is 6.56. The monoisotopic (exact) mass is 280 g/mol. The Hall–Kier alpha value is -1.82. The Bertz CT molecular complexity index is 448. The van der Waals surface area contributed by atoms with Crippen LogP contribution in [0, 0.1) is 0 Å². The molecule has 2 heterocycles. The van der Waals surface area contributed by atoms with E-state index >= 15 is 0 Å². The van der Waals surface area contributed by atoms with Crippen LogP contribution >= 0.6 is 0 Å². The first-order valence-corrected chi connectivity index (χ1v) is 6.81. The smallest absolute Gasteiger partial charge is 0.286 e. The van der Waals surface area contributed by atoms with Crippen molar-refractivity contribution in [3.8, 4) is 0 Å². The first kappa shape index (κ1) is 14.6. The molecule has 0 saturated carbocycles. The maximum absolute atomic E-state index is 12.1. The molecule has 6 heteroatoms. The fraction of sp³-hybridized carbons (Fsp3) is 0.571. The number of nitrogens with one attached hydrogen (secondary N) is 1. The molecular weight excluding hydrogens is 260 g/mol. The van der Waals surface area contributed by atoms with Gasteiger partial charge in [0.05, 0.1) is 18.5 Å². The molecule has 20 heavy (non-hydrogen) atoms. The van der Waals surface area contributed by atoms with Crippen molar-refractivity contribution in [2.45, 2.75) is 32.5 Å². The van der Waals surface area contributed by atoms with E-state index in [1.807, 2.05) is 13.8 Å². The van der Waals surface area contributed by atoms with Crippen molar-refractivity contribution in [1.82, 2.24) is 10.2 Å². The number of nitrogens with zero attached hydrogens (tertiary/aromatic N) is 1. The van der Waals surface area contributed by atoms with Gasteiger partial charge in [-0.25, -0.2) is 0 Å². The molecule has 1 aromatic heterocycles. The molecule has 0 bridgehead atoms. The van der Waals surface area contributed by atoms with Gasteiger partial charge in [-0.2, -0.15) is 0 Å². The Morgan fingerprint density at radius 3 is 2.65 bits per heavy atom. The van der Waals surface area contributed by atoms with Gasteiger partial charge in [-0.1, -0.05) is 0 Å². The Morgan fingerprint density at radius 2 is 2.05 bits per heavy atom. The molecule has 6 nitrogen and oxygen atoms in total. The predicted molar refractivity (Wildman–Crippen MR) is 72.2 cm³/mol. The number of morpholine rings is 1. The van der Waals surface area contributed by atoms with Crippen LogP contribution in [0.25, 0.3) is 0 Å². The normalized spacial score (nSPS) is 22.6. The molecule has 0 aromatic carbocycles. The SMILES string of the molecule is CC1CN(C(=O)CCNC(=O)c2ccco2)CC(C)O1. The Kier molecular flexibility index (Phi) is 4.79. The molecule has 0 radical (unpaired) electrons. The largest absolute Gasteiger partial charge is 0.459 e. The third-order valence-electron chi connectivity index (χ3n) is 3.14. The van der Waals surface area contributed by atoms with Gasteiger partial charge in [0, 0.05) is 26.1 Å². The number of hydrogen-bond acceptors (Lipinski definition) is 4. The number of furan rings is 1. The first-order valence-electron chi connectivity index (χ1n) is 6.81. The van der Waals surface area contributed by atoms with Gasteiger partial charge >= 0.3 is 0 Å². The van der Waals surface area contributed by atoms with Crippen molar-refractivity contribution in [3.63, 3.8) is 0 Å². The van der Waals surface area contributed by atoms with E-state index in [0.29, 0.717) is 19.6 Å². The highest BCUT2D eigenvalue weighted by molar-refractivity contribution is 5.91. The quantitative estimate of drug-likeness (QED) is 0.894. The van der Waals surface area contributed by atoms with E-state index in [9.17, 15) is 9.59 Å². The number of rotatable bonds is 4. The summed E-state index contributed by atoms with van der Waals surface area (Å²) in [5.41, 5.74) is 0. The molecule has 1 aliphatic rings. The van der Waals surface area contributed by atoms with Crippen LogP contribution in [-0.2, 0) is 9.53 Å². The standard InChI is InChI=1S/C14H20N2O4/c1-10-8-16(9-11(2)20-10)13(17)5-6-15-14(18)12-4-3-7-19-12/h3-4,7,10-11H,5-6,8-9H2,1-2H3,(H,15,18). The Balaban J connectivity index is 1.73. The predicted octanol–water partition coefficient (Wildman–Crippen LogP) is 1.04. The zero-order valence-electron chi connectivity index (χ0n) is 11.8. The summed E-state index contributed by atoms with van der Waals surface area (Å²) in [6, 6.07) is 3.24. The van der Waals surface area contributed by atoms with E-state index in [1.165, 1.54) is 6.26 Å². The fourth-order valence-electron chi connectivity index (χ4n) is 2.32. The molecule has 1 fully saturated rings. The summed E-state index contributed by atoms with van der Waals surface area (Å²) in [6.07, 6.45) is 1.84. The molecule has 110 valence electrons. The van der Waals surface area contributed by atoms with Crippen LogP contribution in [0.1, 0.15) is 30.8 Å². The first-order chi connectivity index (χ1) is 9.56. The zero-order valence-corrected chi connectivity index (χ0v) is 11.8. The van der Waals surface area contributed by atoms with Crippen LogP contribution in [0.2, 0.25) is 0 Å². The van der Waals surface area contributed by atoms with Gasteiger partial charge in [0.1, 0.15) is 0 Å². The van der Waals surface area contributed by atoms with Crippen molar-refractivity contribution in [1.29, 1.82) is 0 Å². The van der Waals surface area contributed by atoms with Crippen LogP contribution < -0.4 is 5.32 Å². The summed E-state index contributed by atoms with van der Waals surface area (Å²) in [5.74, 6) is -0.00988. The van der Waals surface area contributed by atoms with Gasteiger partial charge in [0.2, 0.25) is 5.91 Å². The minimum Gasteiger partial charge on any atom is -0.459 e. The van der Waals surface area contributed by atoms with E-state index in [0.717, 1.165) is 0 Å². The van der Waals surface area contributed by atoms with Crippen molar-refractivity contribution < 1.29 is 18.7 Å². The highest BCUT2D eigenvalue weighted by Gasteiger charge is 2.25. The van der Waals surface area contributed by atoms with Gasteiger partial charge in [-0.3, -0.25) is 9.59 Å². The topological polar surface area (TPSA) is 71.8 Å². The molecule has 1 aromatic rings. The summed E-state index contributed by atoms with van der Waals surface area (Å²) >= 11 is 0. The molecule has 1 N–H and O–H groups in total. The minimum absolute atomic E-state index is 0.0340. The average molecular weight is 280 g/mol. The number of carbonyl (C=O) groups excluding carboxylic acids is 2. The summed E-state index contributed by atoms with van der Waals surface area (Å²) in [5, 5.41) is 2.67. The molecule has 0 aliphatic carbocycles. The van der Waals surface area contributed by atoms with Gasteiger partial charge < -0.3 is 19.4 Å². The highest BCUT2D eigenvalue weighted by atomic mass is 16.5. The highest BCUT2D eigenvalue weighted by Crippen LogP contribution is 2.11. The van der Waals surface area contributed by atoms with Crippen LogP contribution in [0.3, 0.4) is 0 Å².